The number of likely N-dealkylation sites (N-methyl/N-ethyl adjacent to an activating group) is 1. The van der Waals surface area contributed by atoms with Gasteiger partial charge >= 0.3 is 0 Å². The maximum Gasteiger partial charge on any atom is 0.146 e. The van der Waals surface area contributed by atoms with Crippen molar-refractivity contribution >= 4 is 5.69 Å². The molecular weight excluding hydrogens is 263 g/mol. The molecule has 2 nitrogen and oxygen atoms in total. The Morgan fingerprint density at radius 3 is 2.38 bits per heavy atom. The van der Waals surface area contributed by atoms with E-state index in [0.29, 0.717) is 5.69 Å². The van der Waals surface area contributed by atoms with Crippen molar-refractivity contribution in [3.05, 3.63) is 66.0 Å². The molecule has 0 aliphatic carbocycles. The van der Waals surface area contributed by atoms with Gasteiger partial charge in [0, 0.05) is 19.6 Å². The summed E-state index contributed by atoms with van der Waals surface area (Å²) in [5.74, 6) is -0.178. The van der Waals surface area contributed by atoms with Gasteiger partial charge in [-0.3, -0.25) is 0 Å². The molecule has 0 spiro atoms. The van der Waals surface area contributed by atoms with Crippen LogP contribution in [0.4, 0.5) is 10.1 Å². The Kier molecular flexibility index (Phi) is 5.76. The van der Waals surface area contributed by atoms with Crippen molar-refractivity contribution in [1.29, 1.82) is 0 Å². The zero-order valence-electron chi connectivity index (χ0n) is 12.7. The standard InChI is InChI=1S/C18H23FN2/c1-3-13-20-17(15-9-5-4-6-10-15)14-21(2)18-12-8-7-11-16(18)19/h4-12,17,20H,3,13-14H2,1-2H3. The summed E-state index contributed by atoms with van der Waals surface area (Å²) in [6.45, 7) is 3.82. The van der Waals surface area contributed by atoms with Crippen molar-refractivity contribution in [3.63, 3.8) is 0 Å². The van der Waals surface area contributed by atoms with Crippen LogP contribution in [0.1, 0.15) is 24.9 Å². The van der Waals surface area contributed by atoms with Crippen LogP contribution < -0.4 is 10.2 Å². The molecule has 3 heteroatoms. The molecule has 0 heterocycles. The van der Waals surface area contributed by atoms with Gasteiger partial charge in [0.15, 0.2) is 0 Å². The average molecular weight is 286 g/mol. The number of nitrogens with zero attached hydrogens (tertiary/aromatic N) is 1. The third-order valence-corrected chi connectivity index (χ3v) is 3.56. The average Bonchev–Trinajstić information content (AvgIpc) is 2.52. The van der Waals surface area contributed by atoms with E-state index in [9.17, 15) is 4.39 Å². The Hall–Kier alpha value is -1.87. The second-order valence-electron chi connectivity index (χ2n) is 5.25. The maximum atomic E-state index is 13.9. The van der Waals surface area contributed by atoms with Crippen LogP contribution in [0.15, 0.2) is 54.6 Å². The lowest BCUT2D eigenvalue weighted by Crippen LogP contribution is -2.33. The van der Waals surface area contributed by atoms with Gasteiger partial charge in [-0.05, 0) is 30.7 Å². The molecule has 112 valence electrons. The zero-order chi connectivity index (χ0) is 15.1. The highest BCUT2D eigenvalue weighted by atomic mass is 19.1. The van der Waals surface area contributed by atoms with Crippen molar-refractivity contribution in [2.45, 2.75) is 19.4 Å². The first-order valence-corrected chi connectivity index (χ1v) is 7.46. The molecule has 0 fully saturated rings. The number of anilines is 1. The van der Waals surface area contributed by atoms with Crippen molar-refractivity contribution in [2.75, 3.05) is 25.0 Å². The minimum Gasteiger partial charge on any atom is -0.370 e. The third kappa shape index (κ3) is 4.30. The van der Waals surface area contributed by atoms with E-state index in [1.54, 1.807) is 6.07 Å². The van der Waals surface area contributed by atoms with Gasteiger partial charge in [0.25, 0.3) is 0 Å². The Morgan fingerprint density at radius 1 is 1.05 bits per heavy atom. The van der Waals surface area contributed by atoms with Gasteiger partial charge in [-0.15, -0.1) is 0 Å². The van der Waals surface area contributed by atoms with Crippen LogP contribution in [0.5, 0.6) is 0 Å². The van der Waals surface area contributed by atoms with Gasteiger partial charge in [0.1, 0.15) is 5.82 Å². The van der Waals surface area contributed by atoms with Crippen molar-refractivity contribution < 1.29 is 4.39 Å². The minimum absolute atomic E-state index is 0.178. The highest BCUT2D eigenvalue weighted by Gasteiger charge is 2.15. The number of nitrogens with one attached hydrogen (secondary N) is 1. The summed E-state index contributed by atoms with van der Waals surface area (Å²) in [6.07, 6.45) is 1.08. The molecule has 2 aromatic rings. The summed E-state index contributed by atoms with van der Waals surface area (Å²) in [7, 11) is 1.93. The fraction of sp³-hybridized carbons (Fsp3) is 0.333. The first-order valence-electron chi connectivity index (χ1n) is 7.46. The Morgan fingerprint density at radius 2 is 1.71 bits per heavy atom. The largest absolute Gasteiger partial charge is 0.370 e. The molecule has 0 saturated carbocycles. The van der Waals surface area contributed by atoms with E-state index in [-0.39, 0.29) is 11.9 Å². The number of benzene rings is 2. The summed E-state index contributed by atoms with van der Waals surface area (Å²) < 4.78 is 13.9. The van der Waals surface area contributed by atoms with E-state index in [4.69, 9.17) is 0 Å². The molecule has 0 amide bonds. The predicted octanol–water partition coefficient (Wildman–Crippen LogP) is 4.00. The van der Waals surface area contributed by atoms with E-state index in [2.05, 4.69) is 24.4 Å². The summed E-state index contributed by atoms with van der Waals surface area (Å²) in [5.41, 5.74) is 1.87. The maximum absolute atomic E-state index is 13.9. The van der Waals surface area contributed by atoms with Gasteiger partial charge in [0.2, 0.25) is 0 Å². The lowest BCUT2D eigenvalue weighted by molar-refractivity contribution is 0.526. The summed E-state index contributed by atoms with van der Waals surface area (Å²) in [6, 6.07) is 17.4. The lowest BCUT2D eigenvalue weighted by Gasteiger charge is -2.27. The van der Waals surface area contributed by atoms with E-state index in [1.807, 2.05) is 42.3 Å². The number of rotatable bonds is 7. The molecule has 21 heavy (non-hydrogen) atoms. The fourth-order valence-electron chi connectivity index (χ4n) is 2.43. The molecule has 1 unspecified atom stereocenters. The van der Waals surface area contributed by atoms with Crippen LogP contribution in [0.3, 0.4) is 0 Å². The molecular formula is C18H23FN2. The summed E-state index contributed by atoms with van der Waals surface area (Å²) >= 11 is 0. The summed E-state index contributed by atoms with van der Waals surface area (Å²) in [4.78, 5) is 1.97. The number of halogens is 1. The molecule has 1 atom stereocenters. The molecule has 0 radical (unpaired) electrons. The number of hydrogen-bond donors (Lipinski definition) is 1. The van der Waals surface area contributed by atoms with Crippen LogP contribution in [-0.4, -0.2) is 20.1 Å². The first-order chi connectivity index (χ1) is 10.2. The third-order valence-electron chi connectivity index (χ3n) is 3.56. The number of hydrogen-bond acceptors (Lipinski definition) is 2. The van der Waals surface area contributed by atoms with E-state index in [1.165, 1.54) is 11.6 Å². The summed E-state index contributed by atoms with van der Waals surface area (Å²) in [5, 5.41) is 3.54. The predicted molar refractivity (Wildman–Crippen MR) is 87.1 cm³/mol. The van der Waals surface area contributed by atoms with Crippen LogP contribution >= 0.6 is 0 Å². The Bertz CT molecular complexity index is 542. The monoisotopic (exact) mass is 286 g/mol. The molecule has 0 bridgehead atoms. The second kappa shape index (κ2) is 7.79. The van der Waals surface area contributed by atoms with Gasteiger partial charge < -0.3 is 10.2 Å². The molecule has 0 aliphatic rings. The Labute approximate surface area is 126 Å². The molecule has 0 saturated heterocycles. The second-order valence-corrected chi connectivity index (χ2v) is 5.25. The van der Waals surface area contributed by atoms with E-state index >= 15 is 0 Å². The van der Waals surface area contributed by atoms with Gasteiger partial charge in [-0.1, -0.05) is 49.4 Å². The molecule has 1 N–H and O–H groups in total. The highest BCUT2D eigenvalue weighted by molar-refractivity contribution is 5.47. The van der Waals surface area contributed by atoms with Crippen LogP contribution in [0.25, 0.3) is 0 Å². The molecule has 0 aromatic heterocycles. The van der Waals surface area contributed by atoms with E-state index in [0.717, 1.165) is 19.5 Å². The Balaban J connectivity index is 2.13. The van der Waals surface area contributed by atoms with Crippen LogP contribution in [0.2, 0.25) is 0 Å². The molecule has 2 rings (SSSR count). The van der Waals surface area contributed by atoms with Crippen molar-refractivity contribution in [2.24, 2.45) is 0 Å². The van der Waals surface area contributed by atoms with E-state index < -0.39 is 0 Å². The molecule has 2 aromatic carbocycles. The SMILES string of the molecule is CCCNC(CN(C)c1ccccc1F)c1ccccc1. The zero-order valence-corrected chi connectivity index (χ0v) is 12.7. The van der Waals surface area contributed by atoms with Crippen molar-refractivity contribution in [3.8, 4) is 0 Å². The van der Waals surface area contributed by atoms with Gasteiger partial charge in [0.05, 0.1) is 5.69 Å². The fourth-order valence-corrected chi connectivity index (χ4v) is 2.43. The normalized spacial score (nSPS) is 12.1. The number of para-hydroxylation sites is 1. The smallest absolute Gasteiger partial charge is 0.146 e. The van der Waals surface area contributed by atoms with Crippen LogP contribution in [0, 0.1) is 5.82 Å². The molecule has 0 aliphatic heterocycles. The van der Waals surface area contributed by atoms with Gasteiger partial charge in [-0.2, -0.15) is 0 Å². The lowest BCUT2D eigenvalue weighted by atomic mass is 10.1. The quantitative estimate of drug-likeness (QED) is 0.827. The topological polar surface area (TPSA) is 15.3 Å². The highest BCUT2D eigenvalue weighted by Crippen LogP contribution is 2.21. The minimum atomic E-state index is -0.178. The van der Waals surface area contributed by atoms with Crippen molar-refractivity contribution in [1.82, 2.24) is 5.32 Å². The van der Waals surface area contributed by atoms with Crippen LogP contribution in [-0.2, 0) is 0 Å². The first kappa shape index (κ1) is 15.5. The van der Waals surface area contributed by atoms with Gasteiger partial charge in [-0.25, -0.2) is 4.39 Å².